The van der Waals surface area contributed by atoms with Gasteiger partial charge in [-0.15, -0.1) is 0 Å². The van der Waals surface area contributed by atoms with E-state index in [0.717, 1.165) is 16.4 Å². The van der Waals surface area contributed by atoms with Crippen LogP contribution in [0.2, 0.25) is 0 Å². The maximum Gasteiger partial charge on any atom is 0.352 e. The van der Waals surface area contributed by atoms with Crippen LogP contribution in [-0.2, 0) is 39.0 Å². The van der Waals surface area contributed by atoms with E-state index in [1.807, 2.05) is 6.92 Å². The van der Waals surface area contributed by atoms with Crippen LogP contribution in [0.1, 0.15) is 40.1 Å². The Morgan fingerprint density at radius 1 is 1.00 bits per heavy atom. The lowest BCUT2D eigenvalue weighted by atomic mass is 10.0. The fraction of sp³-hybridized carbons (Fsp3) is 0.379. The lowest BCUT2D eigenvalue weighted by molar-refractivity contribution is -0.242. The molecule has 2 aliphatic rings. The summed E-state index contributed by atoms with van der Waals surface area (Å²) >= 11 is 0. The molecule has 1 amide bonds. The maximum absolute atomic E-state index is 13.4. The van der Waals surface area contributed by atoms with E-state index in [0.29, 0.717) is 11.1 Å². The van der Waals surface area contributed by atoms with Gasteiger partial charge in [0.25, 0.3) is 16.0 Å². The first-order valence-corrected chi connectivity index (χ1v) is 15.2. The molecule has 1 aromatic heterocycles. The molecule has 228 valence electrons. The van der Waals surface area contributed by atoms with Gasteiger partial charge in [-0.25, -0.2) is 9.59 Å². The highest BCUT2D eigenvalue weighted by molar-refractivity contribution is 7.85. The van der Waals surface area contributed by atoms with Crippen LogP contribution in [0.4, 0.5) is 5.82 Å². The number of amides is 1. The Labute approximate surface area is 247 Å². The Hall–Kier alpha value is -3.95. The highest BCUT2D eigenvalue weighted by Gasteiger charge is 2.65. The molecular formula is C29H31N3O10S. The molecule has 3 heterocycles. The van der Waals surface area contributed by atoms with E-state index < -0.39 is 64.1 Å². The number of anilines is 1. The Morgan fingerprint density at radius 3 is 2.35 bits per heavy atom. The molecule has 13 nitrogen and oxygen atoms in total. The predicted octanol–water partition coefficient (Wildman–Crippen LogP) is 2.21. The van der Waals surface area contributed by atoms with Crippen LogP contribution in [0.3, 0.4) is 0 Å². The standard InChI is InChI=1S/C29H31N3O10S/c1-18-10-12-20(13-11-18)26(34)38-16-21-23-24(42-28(2,3)41-23)29(40-21,17-39-43(4,36)37)32-15-14-22(31-27(32)35)30-25(33)19-8-6-5-7-9-19/h5-15,21,23-24H,16-17H2,1-4H3,(H,30,31,33,35)/t21-,23-,24-,29-/m1/s1. The van der Waals surface area contributed by atoms with Crippen molar-refractivity contribution in [1.29, 1.82) is 0 Å². The van der Waals surface area contributed by atoms with Gasteiger partial charge in [-0.05, 0) is 51.1 Å². The van der Waals surface area contributed by atoms with Gasteiger partial charge in [-0.1, -0.05) is 35.9 Å². The lowest BCUT2D eigenvalue weighted by Crippen LogP contribution is -2.54. The van der Waals surface area contributed by atoms with Gasteiger partial charge >= 0.3 is 11.7 Å². The van der Waals surface area contributed by atoms with Crippen molar-refractivity contribution in [2.45, 2.75) is 50.6 Å². The molecule has 1 N–H and O–H groups in total. The third-order valence-corrected chi connectivity index (χ3v) is 7.48. The van der Waals surface area contributed by atoms with E-state index in [1.54, 1.807) is 68.4 Å². The van der Waals surface area contributed by atoms with Crippen LogP contribution in [0.5, 0.6) is 0 Å². The van der Waals surface area contributed by atoms with E-state index in [2.05, 4.69) is 10.3 Å². The van der Waals surface area contributed by atoms with Gasteiger partial charge in [-0.3, -0.25) is 13.5 Å². The maximum atomic E-state index is 13.4. The van der Waals surface area contributed by atoms with Crippen LogP contribution in [0, 0.1) is 6.92 Å². The minimum Gasteiger partial charge on any atom is -0.459 e. The zero-order chi connectivity index (χ0) is 31.0. The molecule has 43 heavy (non-hydrogen) atoms. The van der Waals surface area contributed by atoms with Crippen LogP contribution >= 0.6 is 0 Å². The SMILES string of the molecule is Cc1ccc(C(=O)OC[C@H]2O[C@@](COS(C)(=O)=O)(n3ccc(NC(=O)c4ccccc4)nc3=O)[C@@H]3OC(C)(C)O[C@@H]32)cc1. The van der Waals surface area contributed by atoms with Gasteiger partial charge in [0.05, 0.1) is 11.8 Å². The van der Waals surface area contributed by atoms with Crippen molar-refractivity contribution in [2.75, 3.05) is 24.8 Å². The van der Waals surface area contributed by atoms with Crippen LogP contribution < -0.4 is 11.0 Å². The zero-order valence-corrected chi connectivity index (χ0v) is 24.7. The molecule has 0 bridgehead atoms. The molecule has 0 saturated carbocycles. The average molecular weight is 614 g/mol. The van der Waals surface area contributed by atoms with Crippen molar-refractivity contribution >= 4 is 27.8 Å². The van der Waals surface area contributed by atoms with E-state index in [9.17, 15) is 22.8 Å². The summed E-state index contributed by atoms with van der Waals surface area (Å²) in [6, 6.07) is 16.5. The number of nitrogens with one attached hydrogen (secondary N) is 1. The molecule has 2 saturated heterocycles. The van der Waals surface area contributed by atoms with Crippen molar-refractivity contribution in [3.8, 4) is 0 Å². The number of aromatic nitrogens is 2. The number of nitrogens with zero attached hydrogens (tertiary/aromatic N) is 2. The number of hydrogen-bond donors (Lipinski definition) is 1. The minimum atomic E-state index is -4.02. The highest BCUT2D eigenvalue weighted by atomic mass is 32.2. The zero-order valence-electron chi connectivity index (χ0n) is 23.9. The average Bonchev–Trinajstić information content (AvgIpc) is 3.42. The first kappa shape index (κ1) is 30.5. The summed E-state index contributed by atoms with van der Waals surface area (Å²) in [6.07, 6.45) is -0.833. The summed E-state index contributed by atoms with van der Waals surface area (Å²) in [5, 5.41) is 2.56. The number of benzene rings is 2. The van der Waals surface area contributed by atoms with Gasteiger partial charge in [0.15, 0.2) is 5.79 Å². The van der Waals surface area contributed by atoms with Crippen molar-refractivity contribution in [3.05, 3.63) is 94.0 Å². The molecule has 0 unspecified atom stereocenters. The van der Waals surface area contributed by atoms with Crippen molar-refractivity contribution in [2.24, 2.45) is 0 Å². The number of carbonyl (C=O) groups excluding carboxylic acids is 2. The summed E-state index contributed by atoms with van der Waals surface area (Å²) in [6.45, 7) is 4.19. The molecule has 2 aromatic carbocycles. The van der Waals surface area contributed by atoms with Gasteiger partial charge in [0.2, 0.25) is 5.72 Å². The summed E-state index contributed by atoms with van der Waals surface area (Å²) in [5.41, 5.74) is -1.15. The van der Waals surface area contributed by atoms with Gasteiger partial charge in [-0.2, -0.15) is 13.4 Å². The van der Waals surface area contributed by atoms with E-state index in [-0.39, 0.29) is 12.4 Å². The second kappa shape index (κ2) is 11.6. The van der Waals surface area contributed by atoms with Crippen molar-refractivity contribution in [1.82, 2.24) is 9.55 Å². The molecule has 3 aromatic rings. The molecule has 14 heteroatoms. The Balaban J connectivity index is 1.46. The molecule has 2 fully saturated rings. The van der Waals surface area contributed by atoms with Gasteiger partial charge in [0, 0.05) is 11.8 Å². The van der Waals surface area contributed by atoms with E-state index in [1.165, 1.54) is 12.3 Å². The normalized spacial score (nSPS) is 24.3. The molecule has 4 atom stereocenters. The third-order valence-electron chi connectivity index (χ3n) is 6.93. The molecule has 2 aliphatic heterocycles. The number of esters is 1. The fourth-order valence-corrected chi connectivity index (χ4v) is 5.36. The van der Waals surface area contributed by atoms with E-state index >= 15 is 0 Å². The predicted molar refractivity (Wildman–Crippen MR) is 152 cm³/mol. The van der Waals surface area contributed by atoms with Crippen molar-refractivity contribution in [3.63, 3.8) is 0 Å². The third kappa shape index (κ3) is 6.68. The quantitative estimate of drug-likeness (QED) is 0.278. The van der Waals surface area contributed by atoms with E-state index in [4.69, 9.17) is 23.1 Å². The summed E-state index contributed by atoms with van der Waals surface area (Å²) in [5.74, 6) is -2.31. The van der Waals surface area contributed by atoms with Gasteiger partial charge in [0.1, 0.15) is 37.3 Å². The number of fused-ring (bicyclic) bond motifs is 1. The topological polar surface area (TPSA) is 161 Å². The van der Waals surface area contributed by atoms with Crippen molar-refractivity contribution < 1.29 is 41.1 Å². The second-order valence-electron chi connectivity index (χ2n) is 10.7. The molecule has 0 spiro atoms. The lowest BCUT2D eigenvalue weighted by Gasteiger charge is -2.35. The number of ether oxygens (including phenoxy) is 4. The number of aryl methyl sites for hydroxylation is 1. The Morgan fingerprint density at radius 2 is 1.70 bits per heavy atom. The van der Waals surface area contributed by atoms with Gasteiger partial charge < -0.3 is 24.3 Å². The molecule has 0 radical (unpaired) electrons. The van der Waals surface area contributed by atoms with Crippen LogP contribution in [0.25, 0.3) is 0 Å². The largest absolute Gasteiger partial charge is 0.459 e. The summed E-state index contributed by atoms with van der Waals surface area (Å²) < 4.78 is 54.4. The fourth-order valence-electron chi connectivity index (χ4n) is 4.98. The monoisotopic (exact) mass is 613 g/mol. The Kier molecular flexibility index (Phi) is 8.24. The first-order valence-electron chi connectivity index (χ1n) is 13.3. The van der Waals surface area contributed by atoms with Crippen LogP contribution in [-0.4, -0.2) is 73.4 Å². The smallest absolute Gasteiger partial charge is 0.352 e. The number of carbonyl (C=O) groups is 2. The van der Waals surface area contributed by atoms with Crippen LogP contribution in [0.15, 0.2) is 71.7 Å². The summed E-state index contributed by atoms with van der Waals surface area (Å²) in [4.78, 5) is 42.8. The number of hydrogen-bond acceptors (Lipinski definition) is 11. The Bertz CT molecular complexity index is 1670. The molecular weight excluding hydrogens is 582 g/mol. The minimum absolute atomic E-state index is 0.0451. The highest BCUT2D eigenvalue weighted by Crippen LogP contribution is 2.46. The first-order chi connectivity index (χ1) is 20.3. The number of rotatable bonds is 9. The second-order valence-corrected chi connectivity index (χ2v) is 12.4. The molecule has 0 aliphatic carbocycles. The molecule has 5 rings (SSSR count). The summed E-state index contributed by atoms with van der Waals surface area (Å²) in [7, 11) is -4.02.